The van der Waals surface area contributed by atoms with E-state index in [0.717, 1.165) is 25.3 Å². The van der Waals surface area contributed by atoms with E-state index in [9.17, 15) is 0 Å². The number of nitrogens with one attached hydrogen (secondary N) is 1. The van der Waals surface area contributed by atoms with Crippen molar-refractivity contribution < 1.29 is 0 Å². The molecule has 0 aromatic carbocycles. The molecular weight excluding hydrogens is 174 g/mol. The van der Waals surface area contributed by atoms with Gasteiger partial charge in [-0.05, 0) is 26.0 Å². The molecule has 1 aliphatic heterocycles. The first kappa shape index (κ1) is 9.46. The van der Waals surface area contributed by atoms with E-state index in [1.807, 2.05) is 13.1 Å². The van der Waals surface area contributed by atoms with Crippen LogP contribution < -0.4 is 10.2 Å². The molecule has 3 heteroatoms. The summed E-state index contributed by atoms with van der Waals surface area (Å²) >= 11 is 0. The molecule has 1 N–H and O–H groups in total. The lowest BCUT2D eigenvalue weighted by atomic mass is 10.2. The minimum Gasteiger partial charge on any atom is -0.365 e. The average Bonchev–Trinajstić information content (AvgIpc) is 2.20. The first-order chi connectivity index (χ1) is 6.77. The van der Waals surface area contributed by atoms with Crippen LogP contribution in [0.4, 0.5) is 5.69 Å². The normalized spacial score (nSPS) is 22.4. The van der Waals surface area contributed by atoms with Gasteiger partial charge in [0.1, 0.15) is 0 Å². The van der Waals surface area contributed by atoms with Crippen molar-refractivity contribution in [1.29, 1.82) is 0 Å². The molecule has 2 rings (SSSR count). The fourth-order valence-electron chi connectivity index (χ4n) is 1.85. The van der Waals surface area contributed by atoms with Gasteiger partial charge in [0.25, 0.3) is 0 Å². The number of rotatable bonds is 1. The topological polar surface area (TPSA) is 28.2 Å². The summed E-state index contributed by atoms with van der Waals surface area (Å²) < 4.78 is 0. The van der Waals surface area contributed by atoms with Crippen LogP contribution in [0.1, 0.15) is 12.6 Å². The monoisotopic (exact) mass is 191 g/mol. The lowest BCUT2D eigenvalue weighted by Gasteiger charge is -2.35. The van der Waals surface area contributed by atoms with Crippen LogP contribution in [0.5, 0.6) is 0 Å². The van der Waals surface area contributed by atoms with Crippen molar-refractivity contribution in [2.75, 3.05) is 24.5 Å². The maximum atomic E-state index is 4.33. The maximum absolute atomic E-state index is 4.33. The van der Waals surface area contributed by atoms with E-state index in [-0.39, 0.29) is 0 Å². The Hall–Kier alpha value is -1.09. The highest BCUT2D eigenvalue weighted by molar-refractivity contribution is 5.46. The highest BCUT2D eigenvalue weighted by Gasteiger charge is 2.17. The van der Waals surface area contributed by atoms with Crippen LogP contribution in [0.2, 0.25) is 0 Å². The van der Waals surface area contributed by atoms with E-state index in [4.69, 9.17) is 0 Å². The molecule has 76 valence electrons. The van der Waals surface area contributed by atoms with Gasteiger partial charge in [0, 0.05) is 31.4 Å². The number of hydrogen-bond donors (Lipinski definition) is 1. The Morgan fingerprint density at radius 2 is 2.36 bits per heavy atom. The van der Waals surface area contributed by atoms with Gasteiger partial charge in [0.05, 0.1) is 11.9 Å². The highest BCUT2D eigenvalue weighted by atomic mass is 15.2. The Bertz CT molecular complexity index is 294. The zero-order valence-electron chi connectivity index (χ0n) is 8.83. The third-order valence-corrected chi connectivity index (χ3v) is 2.73. The van der Waals surface area contributed by atoms with Crippen LogP contribution in [-0.2, 0) is 0 Å². The molecule has 0 unspecified atom stereocenters. The lowest BCUT2D eigenvalue weighted by molar-refractivity contribution is 0.500. The molecule has 0 saturated carbocycles. The average molecular weight is 191 g/mol. The lowest BCUT2D eigenvalue weighted by Crippen LogP contribution is -2.49. The highest BCUT2D eigenvalue weighted by Crippen LogP contribution is 2.16. The minimum atomic E-state index is 0.563. The summed E-state index contributed by atoms with van der Waals surface area (Å²) in [6.45, 7) is 7.47. The summed E-state index contributed by atoms with van der Waals surface area (Å²) in [4.78, 5) is 6.73. The summed E-state index contributed by atoms with van der Waals surface area (Å²) in [7, 11) is 0. The zero-order valence-corrected chi connectivity index (χ0v) is 8.83. The van der Waals surface area contributed by atoms with Crippen LogP contribution in [0.15, 0.2) is 18.3 Å². The van der Waals surface area contributed by atoms with Crippen molar-refractivity contribution in [3.8, 4) is 0 Å². The maximum Gasteiger partial charge on any atom is 0.0556 e. The molecule has 0 aliphatic carbocycles. The van der Waals surface area contributed by atoms with E-state index >= 15 is 0 Å². The number of nitrogens with zero attached hydrogens (tertiary/aromatic N) is 2. The predicted octanol–water partition coefficient (Wildman–Crippen LogP) is 1.19. The summed E-state index contributed by atoms with van der Waals surface area (Å²) in [5, 5.41) is 3.38. The molecule has 1 aromatic rings. The fraction of sp³-hybridized carbons (Fsp3) is 0.545. The van der Waals surface area contributed by atoms with E-state index in [1.165, 1.54) is 5.69 Å². The van der Waals surface area contributed by atoms with Gasteiger partial charge >= 0.3 is 0 Å². The predicted molar refractivity (Wildman–Crippen MR) is 58.7 cm³/mol. The number of aromatic nitrogens is 1. The molecule has 1 aromatic heterocycles. The van der Waals surface area contributed by atoms with Gasteiger partial charge in [-0.2, -0.15) is 0 Å². The molecule has 1 aliphatic rings. The Balaban J connectivity index is 2.16. The van der Waals surface area contributed by atoms with Crippen LogP contribution in [0, 0.1) is 6.92 Å². The van der Waals surface area contributed by atoms with Gasteiger partial charge in [0.15, 0.2) is 0 Å². The number of anilines is 1. The molecule has 1 fully saturated rings. The van der Waals surface area contributed by atoms with Gasteiger partial charge in [-0.25, -0.2) is 0 Å². The summed E-state index contributed by atoms with van der Waals surface area (Å²) in [6.07, 6.45) is 1.97. The zero-order chi connectivity index (χ0) is 9.97. The minimum absolute atomic E-state index is 0.563. The largest absolute Gasteiger partial charge is 0.365 e. The quantitative estimate of drug-likeness (QED) is 0.722. The SMILES string of the molecule is Cc1ccc(N2CCNC[C@H]2C)cn1. The van der Waals surface area contributed by atoms with Crippen molar-refractivity contribution in [3.05, 3.63) is 24.0 Å². The number of aryl methyl sites for hydroxylation is 1. The number of hydrogen-bond acceptors (Lipinski definition) is 3. The van der Waals surface area contributed by atoms with E-state index in [1.54, 1.807) is 0 Å². The van der Waals surface area contributed by atoms with Gasteiger partial charge < -0.3 is 10.2 Å². The fourth-order valence-corrected chi connectivity index (χ4v) is 1.85. The van der Waals surface area contributed by atoms with Gasteiger partial charge in [-0.3, -0.25) is 4.98 Å². The Kier molecular flexibility index (Phi) is 2.68. The molecule has 0 spiro atoms. The van der Waals surface area contributed by atoms with Gasteiger partial charge in [0.2, 0.25) is 0 Å². The van der Waals surface area contributed by atoms with E-state index < -0.39 is 0 Å². The summed E-state index contributed by atoms with van der Waals surface area (Å²) in [5.41, 5.74) is 2.32. The van der Waals surface area contributed by atoms with Gasteiger partial charge in [-0.15, -0.1) is 0 Å². The first-order valence-corrected chi connectivity index (χ1v) is 5.17. The third kappa shape index (κ3) is 1.87. The van der Waals surface area contributed by atoms with Crippen LogP contribution >= 0.6 is 0 Å². The standard InChI is InChI=1S/C11H17N3/c1-9-3-4-11(8-13-9)14-6-5-12-7-10(14)2/h3-4,8,10,12H,5-7H2,1-2H3/t10-/m1/s1. The Morgan fingerprint density at radius 1 is 1.50 bits per heavy atom. The van der Waals surface area contributed by atoms with Crippen LogP contribution in [0.3, 0.4) is 0 Å². The van der Waals surface area contributed by atoms with E-state index in [0.29, 0.717) is 6.04 Å². The molecule has 3 nitrogen and oxygen atoms in total. The number of piperazine rings is 1. The van der Waals surface area contributed by atoms with Crippen LogP contribution in [0.25, 0.3) is 0 Å². The van der Waals surface area contributed by atoms with Crippen molar-refractivity contribution in [2.45, 2.75) is 19.9 Å². The molecule has 0 bridgehead atoms. The summed E-state index contributed by atoms with van der Waals surface area (Å²) in [6, 6.07) is 4.79. The second-order valence-electron chi connectivity index (χ2n) is 3.90. The first-order valence-electron chi connectivity index (χ1n) is 5.17. The Morgan fingerprint density at radius 3 is 3.00 bits per heavy atom. The third-order valence-electron chi connectivity index (χ3n) is 2.73. The Labute approximate surface area is 85.1 Å². The number of pyridine rings is 1. The molecular formula is C11H17N3. The molecule has 0 amide bonds. The second kappa shape index (κ2) is 3.96. The molecule has 1 saturated heterocycles. The molecule has 0 radical (unpaired) electrons. The smallest absolute Gasteiger partial charge is 0.0556 e. The van der Waals surface area contributed by atoms with Gasteiger partial charge in [-0.1, -0.05) is 0 Å². The molecule has 14 heavy (non-hydrogen) atoms. The van der Waals surface area contributed by atoms with Crippen molar-refractivity contribution >= 4 is 5.69 Å². The van der Waals surface area contributed by atoms with E-state index in [2.05, 4.69) is 34.3 Å². The van der Waals surface area contributed by atoms with Crippen LogP contribution in [-0.4, -0.2) is 30.7 Å². The van der Waals surface area contributed by atoms with Crippen molar-refractivity contribution in [2.24, 2.45) is 0 Å². The molecule has 2 heterocycles. The van der Waals surface area contributed by atoms with Crippen molar-refractivity contribution in [3.63, 3.8) is 0 Å². The molecule has 1 atom stereocenters. The second-order valence-corrected chi connectivity index (χ2v) is 3.90. The van der Waals surface area contributed by atoms with Crippen molar-refractivity contribution in [1.82, 2.24) is 10.3 Å². The summed E-state index contributed by atoms with van der Waals surface area (Å²) in [5.74, 6) is 0.